The van der Waals surface area contributed by atoms with E-state index in [1.165, 1.54) is 0 Å². The van der Waals surface area contributed by atoms with E-state index in [1.807, 2.05) is 0 Å². The molecule has 1 aromatic carbocycles. The van der Waals surface area contributed by atoms with Crippen molar-refractivity contribution in [3.05, 3.63) is 63.5 Å². The predicted octanol–water partition coefficient (Wildman–Crippen LogP) is 8.41. The summed E-state index contributed by atoms with van der Waals surface area (Å²) in [7, 11) is -0.529. The Balaban J connectivity index is 1.75. The first-order chi connectivity index (χ1) is 19.0. The number of methoxy groups -OCH3 is 1. The Morgan fingerprint density at radius 2 is 1.66 bits per heavy atom. The molecule has 1 saturated heterocycles. The van der Waals surface area contributed by atoms with Crippen LogP contribution in [0.3, 0.4) is 0 Å². The Hall–Kier alpha value is -1.78. The van der Waals surface area contributed by atoms with Gasteiger partial charge in [-0.05, 0) is 59.6 Å². The summed E-state index contributed by atoms with van der Waals surface area (Å²) >= 11 is 0. The summed E-state index contributed by atoms with van der Waals surface area (Å²) in [5, 5.41) is 0.0248. The lowest BCUT2D eigenvalue weighted by Crippen LogP contribution is -2.45. The van der Waals surface area contributed by atoms with Crippen molar-refractivity contribution in [3.8, 4) is 0 Å². The van der Waals surface area contributed by atoms with Crippen molar-refractivity contribution in [2.24, 2.45) is 5.41 Å². The van der Waals surface area contributed by atoms with Crippen LogP contribution in [0.15, 0.2) is 24.3 Å². The van der Waals surface area contributed by atoms with Gasteiger partial charge >= 0.3 is 6.18 Å². The zero-order valence-electron chi connectivity index (χ0n) is 25.6. The molecule has 1 unspecified atom stereocenters. The number of aromatic nitrogens is 1. The number of ether oxygens (including phenoxy) is 3. The molecule has 2 aliphatic heterocycles. The highest BCUT2D eigenvalue weighted by Gasteiger charge is 2.53. The molecular formula is C32H44F3NO4Si. The van der Waals surface area contributed by atoms with Crippen LogP contribution in [0.1, 0.15) is 105 Å². The van der Waals surface area contributed by atoms with Crippen LogP contribution in [0, 0.1) is 5.41 Å². The summed E-state index contributed by atoms with van der Waals surface area (Å²) < 4.78 is 65.9. The highest BCUT2D eigenvalue weighted by atomic mass is 28.4. The molecule has 3 heterocycles. The minimum absolute atomic E-state index is 0.0132. The van der Waals surface area contributed by atoms with Crippen LogP contribution in [-0.4, -0.2) is 33.6 Å². The first-order valence-corrected chi connectivity index (χ1v) is 17.5. The van der Waals surface area contributed by atoms with E-state index in [4.69, 9.17) is 23.6 Å². The van der Waals surface area contributed by atoms with Gasteiger partial charge in [-0.25, -0.2) is 0 Å². The molecule has 0 radical (unpaired) electrons. The molecule has 1 spiro atoms. The van der Waals surface area contributed by atoms with Gasteiger partial charge in [0.25, 0.3) is 0 Å². The standard InChI is InChI=1S/C32H44F3NO4Si/c1-29(2,3)41(7,8)40-24-18-30(4,5)17-22-25(24)27-26(23(36-22)19-37-6)28(39-31(27)13-15-38-16-14-31)20-9-11-21(12-10-20)32(33,34)35/h9-12,24,28H,13-19H2,1-8H3/t24?,28-/m1/s1. The zero-order valence-corrected chi connectivity index (χ0v) is 26.6. The molecule has 226 valence electrons. The van der Waals surface area contributed by atoms with E-state index < -0.39 is 31.8 Å². The van der Waals surface area contributed by atoms with E-state index in [9.17, 15) is 13.2 Å². The maximum Gasteiger partial charge on any atom is 0.416 e. The minimum atomic E-state index is -4.40. The average molecular weight is 592 g/mol. The average Bonchev–Trinajstić information content (AvgIpc) is 3.17. The Kier molecular flexibility index (Phi) is 7.81. The Morgan fingerprint density at radius 1 is 1.02 bits per heavy atom. The highest BCUT2D eigenvalue weighted by molar-refractivity contribution is 6.74. The lowest BCUT2D eigenvalue weighted by Gasteiger charge is -2.46. The van der Waals surface area contributed by atoms with Gasteiger partial charge < -0.3 is 18.6 Å². The molecule has 0 saturated carbocycles. The fourth-order valence-corrected chi connectivity index (χ4v) is 7.74. The van der Waals surface area contributed by atoms with Gasteiger partial charge in [0.2, 0.25) is 0 Å². The number of halogens is 3. The van der Waals surface area contributed by atoms with Crippen molar-refractivity contribution in [1.82, 2.24) is 4.98 Å². The lowest BCUT2D eigenvalue weighted by molar-refractivity contribution is -0.137. The van der Waals surface area contributed by atoms with Gasteiger partial charge in [0.05, 0.1) is 29.6 Å². The van der Waals surface area contributed by atoms with E-state index in [0.29, 0.717) is 31.6 Å². The third kappa shape index (κ3) is 5.65. The van der Waals surface area contributed by atoms with Crippen LogP contribution in [0.2, 0.25) is 18.1 Å². The molecule has 9 heteroatoms. The van der Waals surface area contributed by atoms with Gasteiger partial charge in [0.15, 0.2) is 8.32 Å². The molecule has 3 aliphatic rings. The number of hydrogen-bond donors (Lipinski definition) is 0. The maximum atomic E-state index is 13.4. The number of benzene rings is 1. The molecule has 1 fully saturated rings. The van der Waals surface area contributed by atoms with Crippen molar-refractivity contribution in [2.75, 3.05) is 20.3 Å². The predicted molar refractivity (Wildman–Crippen MR) is 154 cm³/mol. The highest BCUT2D eigenvalue weighted by Crippen LogP contribution is 2.58. The van der Waals surface area contributed by atoms with Gasteiger partial charge in [-0.2, -0.15) is 13.2 Å². The summed E-state index contributed by atoms with van der Waals surface area (Å²) in [4.78, 5) is 5.24. The fraction of sp³-hybridized carbons (Fsp3) is 0.656. The van der Waals surface area contributed by atoms with Crippen molar-refractivity contribution in [2.45, 2.75) is 109 Å². The molecule has 2 atom stereocenters. The van der Waals surface area contributed by atoms with Crippen molar-refractivity contribution < 1.29 is 31.8 Å². The molecular weight excluding hydrogens is 547 g/mol. The van der Waals surface area contributed by atoms with Crippen LogP contribution >= 0.6 is 0 Å². The SMILES string of the molecule is COCc1nc2c(c3c1[C@@H](c1ccc(C(F)(F)F)cc1)OC31CCOCC1)C(O[Si](C)(C)C(C)(C)C)CC(C)(C)C2. The monoisotopic (exact) mass is 591 g/mol. The van der Waals surface area contributed by atoms with Gasteiger partial charge in [-0.15, -0.1) is 0 Å². The quantitative estimate of drug-likeness (QED) is 0.327. The summed E-state index contributed by atoms with van der Waals surface area (Å²) in [5.41, 5.74) is 4.34. The molecule has 1 aliphatic carbocycles. The van der Waals surface area contributed by atoms with E-state index in [1.54, 1.807) is 19.2 Å². The molecule has 5 nitrogen and oxygen atoms in total. The molecule has 0 amide bonds. The first kappa shape index (κ1) is 30.7. The van der Waals surface area contributed by atoms with Gasteiger partial charge in [0, 0.05) is 50.0 Å². The molecule has 0 N–H and O–H groups in total. The van der Waals surface area contributed by atoms with Gasteiger partial charge in [0.1, 0.15) is 6.10 Å². The number of rotatable bonds is 5. The van der Waals surface area contributed by atoms with Crippen molar-refractivity contribution >= 4 is 8.32 Å². The second-order valence-corrected chi connectivity index (χ2v) is 19.0. The van der Waals surface area contributed by atoms with Crippen molar-refractivity contribution in [1.29, 1.82) is 0 Å². The van der Waals surface area contributed by atoms with Gasteiger partial charge in [-0.1, -0.05) is 46.8 Å². The number of hydrogen-bond acceptors (Lipinski definition) is 5. The Bertz CT molecular complexity index is 1280. The summed E-state index contributed by atoms with van der Waals surface area (Å²) in [6, 6.07) is 5.36. The van der Waals surface area contributed by atoms with Crippen LogP contribution < -0.4 is 0 Å². The fourth-order valence-electron chi connectivity index (χ4n) is 6.48. The largest absolute Gasteiger partial charge is 0.416 e. The number of pyridine rings is 1. The van der Waals surface area contributed by atoms with E-state index in [-0.39, 0.29) is 23.2 Å². The smallest absolute Gasteiger partial charge is 0.410 e. The molecule has 1 aromatic heterocycles. The Morgan fingerprint density at radius 3 is 2.22 bits per heavy atom. The van der Waals surface area contributed by atoms with Crippen molar-refractivity contribution in [3.63, 3.8) is 0 Å². The third-order valence-electron chi connectivity index (χ3n) is 9.56. The first-order valence-electron chi connectivity index (χ1n) is 14.6. The van der Waals surface area contributed by atoms with Crippen LogP contribution in [0.4, 0.5) is 13.2 Å². The second kappa shape index (κ2) is 10.4. The van der Waals surface area contributed by atoms with E-state index in [2.05, 4.69) is 47.7 Å². The van der Waals surface area contributed by atoms with Gasteiger partial charge in [-0.3, -0.25) is 4.98 Å². The number of nitrogens with zero attached hydrogens (tertiary/aromatic N) is 1. The summed E-state index contributed by atoms with van der Waals surface area (Å²) in [6.07, 6.45) is -2.12. The van der Waals surface area contributed by atoms with Crippen LogP contribution in [0.5, 0.6) is 0 Å². The van der Waals surface area contributed by atoms with E-state index in [0.717, 1.165) is 53.1 Å². The number of fused-ring (bicyclic) bond motifs is 4. The topological polar surface area (TPSA) is 49.8 Å². The molecule has 5 rings (SSSR count). The summed E-state index contributed by atoms with van der Waals surface area (Å²) in [5.74, 6) is 0. The minimum Gasteiger partial charge on any atom is -0.410 e. The molecule has 2 aromatic rings. The molecule has 0 bridgehead atoms. The normalized spacial score (nSPS) is 23.9. The zero-order chi connectivity index (χ0) is 30.0. The summed E-state index contributed by atoms with van der Waals surface area (Å²) in [6.45, 7) is 17.3. The Labute approximate surface area is 243 Å². The van der Waals surface area contributed by atoms with Crippen LogP contribution in [0.25, 0.3) is 0 Å². The lowest BCUT2D eigenvalue weighted by atomic mass is 9.70. The maximum absolute atomic E-state index is 13.4. The van der Waals surface area contributed by atoms with Crippen LogP contribution in [-0.2, 0) is 43.4 Å². The third-order valence-corrected chi connectivity index (χ3v) is 14.0. The van der Waals surface area contributed by atoms with E-state index >= 15 is 0 Å². The number of alkyl halides is 3. The molecule has 41 heavy (non-hydrogen) atoms. The second-order valence-electron chi connectivity index (χ2n) is 14.3.